The lowest BCUT2D eigenvalue weighted by Crippen LogP contribution is -2.18. The molecule has 0 unspecified atom stereocenters. The largest absolute Gasteiger partial charge is 0.383 e. The molecule has 2 aromatic rings. The fourth-order valence-corrected chi connectivity index (χ4v) is 2.24. The van der Waals surface area contributed by atoms with Gasteiger partial charge < -0.3 is 10.1 Å². The van der Waals surface area contributed by atoms with Crippen molar-refractivity contribution in [2.45, 2.75) is 6.54 Å². The zero-order valence-electron chi connectivity index (χ0n) is 10.0. The molecule has 0 radical (unpaired) electrons. The lowest BCUT2D eigenvalue weighted by Gasteiger charge is -2.02. The Labute approximate surface area is 104 Å². The Morgan fingerprint density at radius 1 is 1.53 bits per heavy atom. The molecule has 0 bridgehead atoms. The molecule has 92 valence electrons. The zero-order valence-corrected chi connectivity index (χ0v) is 10.8. The van der Waals surface area contributed by atoms with Gasteiger partial charge >= 0.3 is 0 Å². The molecule has 2 rings (SSSR count). The molecule has 0 fully saturated rings. The topological polar surface area (TPSA) is 52.0 Å². The molecule has 0 aromatic carbocycles. The molecule has 17 heavy (non-hydrogen) atoms. The van der Waals surface area contributed by atoms with Crippen LogP contribution in [0.4, 0.5) is 0 Å². The first-order valence-corrected chi connectivity index (χ1v) is 6.31. The van der Waals surface area contributed by atoms with Crippen LogP contribution >= 0.6 is 11.3 Å². The maximum Gasteiger partial charge on any atom is 0.143 e. The van der Waals surface area contributed by atoms with E-state index < -0.39 is 0 Å². The second-order valence-corrected chi connectivity index (χ2v) is 4.58. The normalized spacial score (nSPS) is 10.9. The van der Waals surface area contributed by atoms with E-state index in [2.05, 4.69) is 15.4 Å². The molecule has 0 atom stereocenters. The van der Waals surface area contributed by atoms with Gasteiger partial charge in [-0.15, -0.1) is 11.3 Å². The third-order valence-electron chi connectivity index (χ3n) is 2.34. The summed E-state index contributed by atoms with van der Waals surface area (Å²) in [6.07, 6.45) is 3.83. The van der Waals surface area contributed by atoms with Crippen LogP contribution in [0, 0.1) is 0 Å². The molecular formula is C11H16N4OS. The van der Waals surface area contributed by atoms with Crippen LogP contribution in [0.3, 0.4) is 0 Å². The molecule has 0 aliphatic heterocycles. The highest BCUT2D eigenvalue weighted by molar-refractivity contribution is 7.13. The molecule has 5 nitrogen and oxygen atoms in total. The number of nitrogens with zero attached hydrogens (tertiary/aromatic N) is 3. The Morgan fingerprint density at radius 2 is 2.41 bits per heavy atom. The van der Waals surface area contributed by atoms with Gasteiger partial charge in [-0.2, -0.15) is 5.10 Å². The molecule has 6 heteroatoms. The second-order valence-electron chi connectivity index (χ2n) is 3.68. The van der Waals surface area contributed by atoms with E-state index in [0.717, 1.165) is 23.8 Å². The van der Waals surface area contributed by atoms with Crippen LogP contribution in [-0.4, -0.2) is 35.0 Å². The highest BCUT2D eigenvalue weighted by atomic mass is 32.1. The maximum atomic E-state index is 4.99. The molecule has 2 heterocycles. The van der Waals surface area contributed by atoms with Crippen molar-refractivity contribution in [1.29, 1.82) is 0 Å². The Bertz CT molecular complexity index is 452. The predicted molar refractivity (Wildman–Crippen MR) is 67.9 cm³/mol. The van der Waals surface area contributed by atoms with Crippen molar-refractivity contribution in [3.63, 3.8) is 0 Å². The number of nitrogens with one attached hydrogen (secondary N) is 1. The van der Waals surface area contributed by atoms with Crippen LogP contribution in [0.15, 0.2) is 17.8 Å². The predicted octanol–water partition coefficient (Wildman–Crippen LogP) is 1.28. The maximum absolute atomic E-state index is 4.99. The summed E-state index contributed by atoms with van der Waals surface area (Å²) in [6.45, 7) is 2.33. The molecule has 0 amide bonds. The van der Waals surface area contributed by atoms with Gasteiger partial charge in [0.25, 0.3) is 0 Å². The number of ether oxygens (including phenoxy) is 1. The van der Waals surface area contributed by atoms with Crippen LogP contribution in [0.25, 0.3) is 10.7 Å². The summed E-state index contributed by atoms with van der Waals surface area (Å²) in [5, 5.41) is 10.7. The zero-order chi connectivity index (χ0) is 12.1. The average Bonchev–Trinajstić information content (AvgIpc) is 2.93. The second kappa shape index (κ2) is 5.90. The number of thiazole rings is 1. The van der Waals surface area contributed by atoms with Gasteiger partial charge in [0.15, 0.2) is 0 Å². The standard InChI is InChI=1S/C11H16N4OS/c1-15-8-9(7-12-3-5-16-2)10(14-15)11-13-4-6-17-11/h4,6,8,12H,3,5,7H2,1-2H3. The Morgan fingerprint density at radius 3 is 3.12 bits per heavy atom. The summed E-state index contributed by atoms with van der Waals surface area (Å²) in [7, 11) is 3.63. The first-order valence-electron chi connectivity index (χ1n) is 5.43. The molecule has 0 spiro atoms. The SMILES string of the molecule is COCCNCc1cn(C)nc1-c1nccs1. The van der Waals surface area contributed by atoms with E-state index in [1.807, 2.05) is 23.3 Å². The quantitative estimate of drug-likeness (QED) is 0.787. The number of rotatable bonds is 6. The highest BCUT2D eigenvalue weighted by Crippen LogP contribution is 2.23. The van der Waals surface area contributed by atoms with Crippen molar-refractivity contribution >= 4 is 11.3 Å². The van der Waals surface area contributed by atoms with Gasteiger partial charge in [-0.1, -0.05) is 0 Å². The van der Waals surface area contributed by atoms with Crippen molar-refractivity contribution in [3.05, 3.63) is 23.3 Å². The minimum atomic E-state index is 0.715. The van der Waals surface area contributed by atoms with Crippen molar-refractivity contribution in [1.82, 2.24) is 20.1 Å². The number of aryl methyl sites for hydroxylation is 1. The van der Waals surface area contributed by atoms with E-state index >= 15 is 0 Å². The van der Waals surface area contributed by atoms with Crippen molar-refractivity contribution < 1.29 is 4.74 Å². The number of hydrogen-bond acceptors (Lipinski definition) is 5. The molecule has 0 aliphatic rings. The van der Waals surface area contributed by atoms with E-state index in [4.69, 9.17) is 4.74 Å². The van der Waals surface area contributed by atoms with Crippen LogP contribution in [0.1, 0.15) is 5.56 Å². The van der Waals surface area contributed by atoms with E-state index in [9.17, 15) is 0 Å². The first kappa shape index (κ1) is 12.2. The molecular weight excluding hydrogens is 236 g/mol. The third kappa shape index (κ3) is 3.12. The van der Waals surface area contributed by atoms with E-state index in [0.29, 0.717) is 6.61 Å². The summed E-state index contributed by atoms with van der Waals surface area (Å²) in [5.41, 5.74) is 2.13. The van der Waals surface area contributed by atoms with E-state index in [1.165, 1.54) is 5.56 Å². The van der Waals surface area contributed by atoms with Gasteiger partial charge in [0, 0.05) is 50.6 Å². The number of methoxy groups -OCH3 is 1. The fourth-order valence-electron chi connectivity index (χ4n) is 1.58. The van der Waals surface area contributed by atoms with Gasteiger partial charge in [0.1, 0.15) is 10.7 Å². The summed E-state index contributed by atoms with van der Waals surface area (Å²) >= 11 is 1.61. The molecule has 1 N–H and O–H groups in total. The van der Waals surface area contributed by atoms with Crippen LogP contribution in [0.2, 0.25) is 0 Å². The van der Waals surface area contributed by atoms with Crippen molar-refractivity contribution in [2.75, 3.05) is 20.3 Å². The summed E-state index contributed by atoms with van der Waals surface area (Å²) in [5.74, 6) is 0. The van der Waals surface area contributed by atoms with Crippen LogP contribution in [-0.2, 0) is 18.3 Å². The summed E-state index contributed by atoms with van der Waals surface area (Å²) in [4.78, 5) is 4.30. The Kier molecular flexibility index (Phi) is 4.24. The molecule has 0 saturated carbocycles. The Balaban J connectivity index is 2.06. The van der Waals surface area contributed by atoms with Crippen molar-refractivity contribution in [2.24, 2.45) is 7.05 Å². The van der Waals surface area contributed by atoms with Crippen molar-refractivity contribution in [3.8, 4) is 10.7 Å². The minimum absolute atomic E-state index is 0.715. The van der Waals surface area contributed by atoms with Gasteiger partial charge in [-0.3, -0.25) is 4.68 Å². The summed E-state index contributed by atoms with van der Waals surface area (Å²) in [6, 6.07) is 0. The smallest absolute Gasteiger partial charge is 0.143 e. The minimum Gasteiger partial charge on any atom is -0.383 e. The lowest BCUT2D eigenvalue weighted by atomic mass is 10.2. The summed E-state index contributed by atoms with van der Waals surface area (Å²) < 4.78 is 6.82. The third-order valence-corrected chi connectivity index (χ3v) is 3.12. The monoisotopic (exact) mass is 252 g/mol. The van der Waals surface area contributed by atoms with Crippen LogP contribution < -0.4 is 5.32 Å². The number of hydrogen-bond donors (Lipinski definition) is 1. The van der Waals surface area contributed by atoms with Gasteiger partial charge in [0.2, 0.25) is 0 Å². The lowest BCUT2D eigenvalue weighted by molar-refractivity contribution is 0.199. The van der Waals surface area contributed by atoms with Gasteiger partial charge in [0.05, 0.1) is 6.61 Å². The fraction of sp³-hybridized carbons (Fsp3) is 0.455. The molecule has 0 saturated heterocycles. The van der Waals surface area contributed by atoms with E-state index in [-0.39, 0.29) is 0 Å². The molecule has 2 aromatic heterocycles. The Hall–Kier alpha value is -1.24. The van der Waals surface area contributed by atoms with Crippen LogP contribution in [0.5, 0.6) is 0 Å². The van der Waals surface area contributed by atoms with Gasteiger partial charge in [-0.25, -0.2) is 4.98 Å². The number of aromatic nitrogens is 3. The first-order chi connectivity index (χ1) is 8.31. The van der Waals surface area contributed by atoms with E-state index in [1.54, 1.807) is 24.6 Å². The van der Waals surface area contributed by atoms with Gasteiger partial charge in [-0.05, 0) is 0 Å². The molecule has 0 aliphatic carbocycles. The highest BCUT2D eigenvalue weighted by Gasteiger charge is 2.11. The average molecular weight is 252 g/mol.